The highest BCUT2D eigenvalue weighted by atomic mass is 35.5. The molecule has 18 heavy (non-hydrogen) atoms. The van der Waals surface area contributed by atoms with Gasteiger partial charge in [0.1, 0.15) is 11.1 Å². The van der Waals surface area contributed by atoms with Crippen LogP contribution in [-0.4, -0.2) is 23.2 Å². The number of halogens is 1. The summed E-state index contributed by atoms with van der Waals surface area (Å²) >= 11 is 6.01. The Labute approximate surface area is 109 Å². The molecule has 1 aromatic heterocycles. The number of benzene rings is 1. The molecule has 0 unspecified atom stereocenters. The summed E-state index contributed by atoms with van der Waals surface area (Å²) < 4.78 is 6.60. The third kappa shape index (κ3) is 2.19. The summed E-state index contributed by atoms with van der Waals surface area (Å²) in [6.45, 7) is 0.946. The third-order valence-corrected chi connectivity index (χ3v) is 2.99. The van der Waals surface area contributed by atoms with Crippen molar-refractivity contribution in [3.05, 3.63) is 33.8 Å². The summed E-state index contributed by atoms with van der Waals surface area (Å²) in [5.41, 5.74) is 5.78. The smallest absolute Gasteiger partial charge is 0.266 e. The average Bonchev–Trinajstić information content (AvgIpc) is 2.37. The summed E-state index contributed by atoms with van der Waals surface area (Å²) in [6.07, 6.45) is 0.669. The SMILES string of the molecule is COc1cccc2nc(Cl)n(CCCN)c(=O)c12. The Bertz CT molecular complexity index is 624. The van der Waals surface area contributed by atoms with Gasteiger partial charge in [0.25, 0.3) is 5.56 Å². The van der Waals surface area contributed by atoms with Crippen LogP contribution in [-0.2, 0) is 6.54 Å². The van der Waals surface area contributed by atoms with Crippen LogP contribution in [0.5, 0.6) is 5.75 Å². The van der Waals surface area contributed by atoms with Gasteiger partial charge in [-0.15, -0.1) is 0 Å². The Morgan fingerprint density at radius 1 is 1.50 bits per heavy atom. The molecule has 0 saturated carbocycles. The summed E-state index contributed by atoms with van der Waals surface area (Å²) in [6, 6.07) is 5.24. The van der Waals surface area contributed by atoms with E-state index in [9.17, 15) is 4.79 Å². The molecular formula is C12H14ClN3O2. The molecule has 2 aromatic rings. The molecule has 0 atom stereocenters. The molecule has 0 bridgehead atoms. The molecule has 0 aliphatic heterocycles. The van der Waals surface area contributed by atoms with Crippen molar-refractivity contribution in [1.29, 1.82) is 0 Å². The first kappa shape index (κ1) is 12.9. The Kier molecular flexibility index (Phi) is 3.84. The number of fused-ring (bicyclic) bond motifs is 1. The lowest BCUT2D eigenvalue weighted by molar-refractivity contribution is 0.419. The lowest BCUT2D eigenvalue weighted by Gasteiger charge is -2.10. The quantitative estimate of drug-likeness (QED) is 0.851. The van der Waals surface area contributed by atoms with Crippen LogP contribution in [0, 0.1) is 0 Å². The van der Waals surface area contributed by atoms with Gasteiger partial charge in [-0.1, -0.05) is 6.07 Å². The fourth-order valence-electron chi connectivity index (χ4n) is 1.82. The van der Waals surface area contributed by atoms with Crippen LogP contribution in [0.15, 0.2) is 23.0 Å². The minimum atomic E-state index is -0.198. The van der Waals surface area contributed by atoms with Crippen molar-refractivity contribution in [3.63, 3.8) is 0 Å². The van der Waals surface area contributed by atoms with Gasteiger partial charge in [-0.3, -0.25) is 9.36 Å². The van der Waals surface area contributed by atoms with Gasteiger partial charge in [0.05, 0.1) is 12.6 Å². The van der Waals surface area contributed by atoms with E-state index in [1.807, 2.05) is 0 Å². The number of hydrogen-bond acceptors (Lipinski definition) is 4. The summed E-state index contributed by atoms with van der Waals surface area (Å²) in [5.74, 6) is 0.503. The molecule has 6 heteroatoms. The molecule has 0 aliphatic rings. The zero-order valence-electron chi connectivity index (χ0n) is 10.0. The van der Waals surface area contributed by atoms with E-state index in [1.165, 1.54) is 11.7 Å². The first-order valence-corrected chi connectivity index (χ1v) is 6.00. The molecule has 0 saturated heterocycles. The highest BCUT2D eigenvalue weighted by Crippen LogP contribution is 2.21. The lowest BCUT2D eigenvalue weighted by Crippen LogP contribution is -2.23. The molecule has 2 N–H and O–H groups in total. The predicted molar refractivity (Wildman–Crippen MR) is 71.2 cm³/mol. The van der Waals surface area contributed by atoms with Gasteiger partial charge < -0.3 is 10.5 Å². The molecule has 0 aliphatic carbocycles. The minimum absolute atomic E-state index is 0.175. The largest absolute Gasteiger partial charge is 0.496 e. The third-order valence-electron chi connectivity index (χ3n) is 2.70. The van der Waals surface area contributed by atoms with Crippen molar-refractivity contribution in [3.8, 4) is 5.75 Å². The molecule has 96 valence electrons. The van der Waals surface area contributed by atoms with Crippen LogP contribution < -0.4 is 16.0 Å². The maximum Gasteiger partial charge on any atom is 0.266 e. The topological polar surface area (TPSA) is 70.1 Å². The average molecular weight is 268 g/mol. The molecule has 0 radical (unpaired) electrons. The molecule has 2 rings (SSSR count). The highest BCUT2D eigenvalue weighted by Gasteiger charge is 2.12. The second-order valence-corrected chi connectivity index (χ2v) is 4.17. The van der Waals surface area contributed by atoms with E-state index in [4.69, 9.17) is 22.1 Å². The fraction of sp³-hybridized carbons (Fsp3) is 0.333. The minimum Gasteiger partial charge on any atom is -0.496 e. The zero-order valence-corrected chi connectivity index (χ0v) is 10.8. The van der Waals surface area contributed by atoms with Crippen LogP contribution in [0.4, 0.5) is 0 Å². The van der Waals surface area contributed by atoms with Gasteiger partial charge in [0, 0.05) is 6.54 Å². The first-order chi connectivity index (χ1) is 8.69. The second-order valence-electron chi connectivity index (χ2n) is 3.83. The predicted octanol–water partition coefficient (Wildman–Crippen LogP) is 1.41. The van der Waals surface area contributed by atoms with Crippen LogP contribution in [0.2, 0.25) is 5.28 Å². The van der Waals surface area contributed by atoms with Gasteiger partial charge in [0.2, 0.25) is 5.28 Å². The van der Waals surface area contributed by atoms with Crippen molar-refractivity contribution < 1.29 is 4.74 Å². The number of aromatic nitrogens is 2. The van der Waals surface area contributed by atoms with Gasteiger partial charge in [0.15, 0.2) is 0 Å². The van der Waals surface area contributed by atoms with Crippen molar-refractivity contribution in [1.82, 2.24) is 9.55 Å². The fourth-order valence-corrected chi connectivity index (χ4v) is 2.07. The maximum absolute atomic E-state index is 12.4. The van der Waals surface area contributed by atoms with E-state index < -0.39 is 0 Å². The van der Waals surface area contributed by atoms with E-state index in [0.29, 0.717) is 36.2 Å². The van der Waals surface area contributed by atoms with E-state index in [2.05, 4.69) is 4.98 Å². The summed E-state index contributed by atoms with van der Waals surface area (Å²) in [5, 5.41) is 0.621. The second kappa shape index (κ2) is 5.37. The Morgan fingerprint density at radius 2 is 2.28 bits per heavy atom. The first-order valence-electron chi connectivity index (χ1n) is 5.62. The molecule has 5 nitrogen and oxygen atoms in total. The standard InChI is InChI=1S/C12H14ClN3O2/c1-18-9-5-2-4-8-10(9)11(17)16(7-3-6-14)12(13)15-8/h2,4-5H,3,6-7,14H2,1H3. The molecule has 1 aromatic carbocycles. The van der Waals surface area contributed by atoms with Gasteiger partial charge in [-0.05, 0) is 36.7 Å². The number of methoxy groups -OCH3 is 1. The van der Waals surface area contributed by atoms with Crippen molar-refractivity contribution in [2.45, 2.75) is 13.0 Å². The molecule has 0 spiro atoms. The maximum atomic E-state index is 12.4. The summed E-state index contributed by atoms with van der Waals surface area (Å²) in [4.78, 5) is 16.6. The Balaban J connectivity index is 2.70. The van der Waals surface area contributed by atoms with Crippen molar-refractivity contribution >= 4 is 22.5 Å². The number of nitrogens with zero attached hydrogens (tertiary/aromatic N) is 2. The van der Waals surface area contributed by atoms with Gasteiger partial charge in [-0.2, -0.15) is 0 Å². The molecule has 0 amide bonds. The zero-order chi connectivity index (χ0) is 13.1. The van der Waals surface area contributed by atoms with Crippen LogP contribution >= 0.6 is 11.6 Å². The molecule has 0 fully saturated rings. The van der Waals surface area contributed by atoms with Crippen molar-refractivity contribution in [2.75, 3.05) is 13.7 Å². The van der Waals surface area contributed by atoms with Gasteiger partial charge >= 0.3 is 0 Å². The van der Waals surface area contributed by atoms with E-state index in [0.717, 1.165) is 0 Å². The lowest BCUT2D eigenvalue weighted by atomic mass is 10.2. The van der Waals surface area contributed by atoms with E-state index >= 15 is 0 Å². The Morgan fingerprint density at radius 3 is 2.94 bits per heavy atom. The van der Waals surface area contributed by atoms with E-state index in [1.54, 1.807) is 18.2 Å². The van der Waals surface area contributed by atoms with Crippen molar-refractivity contribution in [2.24, 2.45) is 5.73 Å². The summed E-state index contributed by atoms with van der Waals surface area (Å²) in [7, 11) is 1.52. The number of ether oxygens (including phenoxy) is 1. The highest BCUT2D eigenvalue weighted by molar-refractivity contribution is 6.28. The molecular weight excluding hydrogens is 254 g/mol. The van der Waals surface area contributed by atoms with Crippen LogP contribution in [0.25, 0.3) is 10.9 Å². The van der Waals surface area contributed by atoms with Gasteiger partial charge in [-0.25, -0.2) is 4.98 Å². The monoisotopic (exact) mass is 267 g/mol. The Hall–Kier alpha value is -1.59. The number of hydrogen-bond donors (Lipinski definition) is 1. The molecule has 1 heterocycles. The normalized spacial score (nSPS) is 10.8. The van der Waals surface area contributed by atoms with Crippen LogP contribution in [0.3, 0.4) is 0 Å². The van der Waals surface area contributed by atoms with Crippen LogP contribution in [0.1, 0.15) is 6.42 Å². The number of rotatable bonds is 4. The number of nitrogens with two attached hydrogens (primary N) is 1. The van der Waals surface area contributed by atoms with E-state index in [-0.39, 0.29) is 10.8 Å².